The smallest absolute Gasteiger partial charge is 0.136 e. The van der Waals surface area contributed by atoms with E-state index in [4.69, 9.17) is 0 Å². The van der Waals surface area contributed by atoms with Crippen LogP contribution in [0, 0.1) is 23.2 Å². The molecule has 2 aliphatic carbocycles. The van der Waals surface area contributed by atoms with E-state index in [1.54, 1.807) is 6.92 Å². The van der Waals surface area contributed by atoms with Gasteiger partial charge in [-0.2, -0.15) is 0 Å². The predicted octanol–water partition coefficient (Wildman–Crippen LogP) is 2.81. The molecule has 0 radical (unpaired) electrons. The first-order valence-electron chi connectivity index (χ1n) is 5.13. The lowest BCUT2D eigenvalue weighted by Crippen LogP contribution is -2.16. The molecule has 1 saturated carbocycles. The highest BCUT2D eigenvalue weighted by atomic mass is 16.1. The summed E-state index contributed by atoms with van der Waals surface area (Å²) in [5.74, 6) is 2.09. The second-order valence-electron chi connectivity index (χ2n) is 5.26. The Balaban J connectivity index is 2.21. The van der Waals surface area contributed by atoms with Gasteiger partial charge in [-0.25, -0.2) is 0 Å². The van der Waals surface area contributed by atoms with E-state index in [9.17, 15) is 4.79 Å². The summed E-state index contributed by atoms with van der Waals surface area (Å²) in [5.41, 5.74) is 1.77. The molecule has 0 amide bonds. The van der Waals surface area contributed by atoms with Gasteiger partial charge in [-0.1, -0.05) is 25.5 Å². The Labute approximate surface area is 80.2 Å². The van der Waals surface area contributed by atoms with Gasteiger partial charge in [0.25, 0.3) is 0 Å². The van der Waals surface area contributed by atoms with Crippen molar-refractivity contribution in [2.75, 3.05) is 0 Å². The summed E-state index contributed by atoms with van der Waals surface area (Å²) in [6.45, 7) is 8.46. The zero-order valence-corrected chi connectivity index (χ0v) is 8.92. The summed E-state index contributed by atoms with van der Waals surface area (Å²) in [7, 11) is 0. The van der Waals surface area contributed by atoms with Crippen LogP contribution in [-0.2, 0) is 4.79 Å². The molecular formula is C12H18O. The lowest BCUT2D eigenvalue weighted by atomic mass is 9.86. The van der Waals surface area contributed by atoms with E-state index in [0.717, 1.165) is 18.3 Å². The Morgan fingerprint density at radius 2 is 2.15 bits per heavy atom. The van der Waals surface area contributed by atoms with Gasteiger partial charge in [-0.15, -0.1) is 0 Å². The van der Waals surface area contributed by atoms with Crippen molar-refractivity contribution in [1.29, 1.82) is 0 Å². The van der Waals surface area contributed by atoms with Crippen molar-refractivity contribution in [3.8, 4) is 0 Å². The fourth-order valence-electron chi connectivity index (χ4n) is 2.89. The molecular weight excluding hydrogens is 160 g/mol. The highest BCUT2D eigenvalue weighted by Gasteiger charge is 2.58. The molecule has 3 atom stereocenters. The van der Waals surface area contributed by atoms with Crippen LogP contribution in [0.25, 0.3) is 0 Å². The van der Waals surface area contributed by atoms with Gasteiger partial charge in [0.2, 0.25) is 0 Å². The first-order chi connectivity index (χ1) is 5.94. The Hall–Kier alpha value is -0.590. The fraction of sp³-hybridized carbons (Fsp3) is 0.750. The van der Waals surface area contributed by atoms with Crippen LogP contribution in [0.15, 0.2) is 11.6 Å². The van der Waals surface area contributed by atoms with Crippen molar-refractivity contribution in [1.82, 2.24) is 0 Å². The van der Waals surface area contributed by atoms with Crippen LogP contribution in [0.5, 0.6) is 0 Å². The molecule has 0 aromatic rings. The standard InChI is InChI=1S/C12H18O/c1-7-5-10-11(12(10,3)4)6-9(7)8(2)13/h5,9-11H,6H2,1-4H3/t9-,10-,11-/m0/s1. The largest absolute Gasteiger partial charge is 0.299 e. The minimum atomic E-state index is 0.225. The van der Waals surface area contributed by atoms with Gasteiger partial charge in [-0.05, 0) is 37.5 Å². The molecule has 0 aromatic heterocycles. The monoisotopic (exact) mass is 178 g/mol. The molecule has 13 heavy (non-hydrogen) atoms. The van der Waals surface area contributed by atoms with Crippen LogP contribution < -0.4 is 0 Å². The summed E-state index contributed by atoms with van der Waals surface area (Å²) in [6, 6.07) is 0. The third kappa shape index (κ3) is 1.17. The molecule has 0 heterocycles. The van der Waals surface area contributed by atoms with E-state index < -0.39 is 0 Å². The van der Waals surface area contributed by atoms with Crippen molar-refractivity contribution in [3.05, 3.63) is 11.6 Å². The van der Waals surface area contributed by atoms with Gasteiger partial charge in [0.15, 0.2) is 0 Å². The first kappa shape index (κ1) is 8.98. The Morgan fingerprint density at radius 3 is 2.69 bits per heavy atom. The molecule has 1 heteroatoms. The number of allylic oxidation sites excluding steroid dienone is 2. The van der Waals surface area contributed by atoms with Gasteiger partial charge in [0.1, 0.15) is 5.78 Å². The third-order valence-electron chi connectivity index (χ3n) is 4.11. The van der Waals surface area contributed by atoms with Gasteiger partial charge in [-0.3, -0.25) is 4.79 Å². The minimum Gasteiger partial charge on any atom is -0.299 e. The lowest BCUT2D eigenvalue weighted by molar-refractivity contribution is -0.120. The van der Waals surface area contributed by atoms with Crippen LogP contribution in [0.3, 0.4) is 0 Å². The van der Waals surface area contributed by atoms with Crippen molar-refractivity contribution in [2.24, 2.45) is 23.2 Å². The summed E-state index contributed by atoms with van der Waals surface area (Å²) in [4.78, 5) is 11.3. The maximum atomic E-state index is 11.3. The average molecular weight is 178 g/mol. The van der Waals surface area contributed by atoms with Crippen LogP contribution in [0.4, 0.5) is 0 Å². The number of hydrogen-bond donors (Lipinski definition) is 0. The number of carbonyl (C=O) groups excluding carboxylic acids is 1. The molecule has 1 fully saturated rings. The second-order valence-corrected chi connectivity index (χ2v) is 5.26. The quantitative estimate of drug-likeness (QED) is 0.564. The zero-order valence-electron chi connectivity index (χ0n) is 8.92. The fourth-order valence-corrected chi connectivity index (χ4v) is 2.89. The molecule has 72 valence electrons. The van der Waals surface area contributed by atoms with E-state index in [1.807, 2.05) is 0 Å². The summed E-state index contributed by atoms with van der Waals surface area (Å²) >= 11 is 0. The molecule has 0 spiro atoms. The summed E-state index contributed by atoms with van der Waals surface area (Å²) in [5, 5.41) is 0. The van der Waals surface area contributed by atoms with Crippen molar-refractivity contribution >= 4 is 5.78 Å². The second kappa shape index (κ2) is 2.46. The van der Waals surface area contributed by atoms with Gasteiger partial charge in [0.05, 0.1) is 0 Å². The Bertz CT molecular complexity index is 285. The molecule has 0 bridgehead atoms. The van der Waals surface area contributed by atoms with Crippen LogP contribution in [-0.4, -0.2) is 5.78 Å². The molecule has 0 aromatic carbocycles. The number of carbonyl (C=O) groups is 1. The number of rotatable bonds is 1. The van der Waals surface area contributed by atoms with Crippen molar-refractivity contribution < 1.29 is 4.79 Å². The van der Waals surface area contributed by atoms with E-state index in [-0.39, 0.29) is 5.92 Å². The summed E-state index contributed by atoms with van der Waals surface area (Å²) < 4.78 is 0. The van der Waals surface area contributed by atoms with Crippen LogP contribution >= 0.6 is 0 Å². The van der Waals surface area contributed by atoms with Crippen LogP contribution in [0.2, 0.25) is 0 Å². The lowest BCUT2D eigenvalue weighted by Gasteiger charge is -2.18. The molecule has 0 saturated heterocycles. The van der Waals surface area contributed by atoms with E-state index in [1.165, 1.54) is 5.57 Å². The molecule has 0 N–H and O–H groups in total. The number of ketones is 1. The molecule has 2 rings (SSSR count). The Morgan fingerprint density at radius 1 is 1.54 bits per heavy atom. The topological polar surface area (TPSA) is 17.1 Å². The molecule has 0 unspecified atom stereocenters. The molecule has 2 aliphatic rings. The van der Waals surface area contributed by atoms with Gasteiger partial charge in [0, 0.05) is 5.92 Å². The number of hydrogen-bond acceptors (Lipinski definition) is 1. The highest BCUT2D eigenvalue weighted by molar-refractivity contribution is 5.81. The van der Waals surface area contributed by atoms with Crippen molar-refractivity contribution in [3.63, 3.8) is 0 Å². The predicted molar refractivity (Wildman–Crippen MR) is 53.3 cm³/mol. The number of fused-ring (bicyclic) bond motifs is 1. The SMILES string of the molecule is CC(=O)[C@H]1C[C@H]2[C@H](C=C1C)C2(C)C. The van der Waals surface area contributed by atoms with E-state index in [0.29, 0.717) is 11.2 Å². The third-order valence-corrected chi connectivity index (χ3v) is 4.11. The zero-order chi connectivity index (χ0) is 9.80. The molecule has 1 nitrogen and oxygen atoms in total. The van der Waals surface area contributed by atoms with Gasteiger partial charge < -0.3 is 0 Å². The normalized spacial score (nSPS) is 40.6. The molecule has 0 aliphatic heterocycles. The van der Waals surface area contributed by atoms with Gasteiger partial charge >= 0.3 is 0 Å². The number of Topliss-reactive ketones (excluding diaryl/α,β-unsaturated/α-hetero) is 1. The average Bonchev–Trinajstić information content (AvgIpc) is 2.52. The van der Waals surface area contributed by atoms with E-state index in [2.05, 4.69) is 26.8 Å². The minimum absolute atomic E-state index is 0.225. The maximum Gasteiger partial charge on any atom is 0.136 e. The maximum absolute atomic E-state index is 11.3. The first-order valence-corrected chi connectivity index (χ1v) is 5.13. The summed E-state index contributed by atoms with van der Waals surface area (Å²) in [6.07, 6.45) is 3.43. The van der Waals surface area contributed by atoms with Crippen LogP contribution in [0.1, 0.15) is 34.1 Å². The Kier molecular flexibility index (Phi) is 1.70. The highest BCUT2D eigenvalue weighted by Crippen LogP contribution is 2.64. The van der Waals surface area contributed by atoms with E-state index >= 15 is 0 Å². The van der Waals surface area contributed by atoms with Crippen molar-refractivity contribution in [2.45, 2.75) is 34.1 Å².